The lowest BCUT2D eigenvalue weighted by atomic mass is 10.1. The monoisotopic (exact) mass is 550 g/mol. The summed E-state index contributed by atoms with van der Waals surface area (Å²) in [6, 6.07) is 11.5. The van der Waals surface area contributed by atoms with Gasteiger partial charge in [0.15, 0.2) is 0 Å². The minimum Gasteiger partial charge on any atom is -0.495 e. The fraction of sp³-hybridized carbons (Fsp3) is 0.379. The number of aromatic nitrogens is 1. The molecule has 1 amide bonds. The normalized spacial score (nSPS) is 12.7. The quantitative estimate of drug-likeness (QED) is 0.112. The predicted octanol–water partition coefficient (Wildman–Crippen LogP) is 5.69. The summed E-state index contributed by atoms with van der Waals surface area (Å²) in [7, 11) is 3.59. The molecule has 3 aromatic rings. The van der Waals surface area contributed by atoms with E-state index in [0.29, 0.717) is 22.8 Å². The number of benzene rings is 2. The molecule has 0 radical (unpaired) electrons. The second kappa shape index (κ2) is 12.9. The number of nitrogens with one attached hydrogen (secondary N) is 4. The molecular formula is C29H42N6O3Si. The molecule has 6 N–H and O–H groups in total. The average molecular weight is 551 g/mol. The molecule has 1 atom stereocenters. The Bertz CT molecular complexity index is 1340. The number of anilines is 3. The molecule has 2 aromatic carbocycles. The summed E-state index contributed by atoms with van der Waals surface area (Å²) in [5.74, 6) is 0.539. The summed E-state index contributed by atoms with van der Waals surface area (Å²) >= 11 is 0. The van der Waals surface area contributed by atoms with Gasteiger partial charge in [-0.15, -0.1) is 0 Å². The molecule has 10 heteroatoms. The van der Waals surface area contributed by atoms with Crippen LogP contribution >= 0.6 is 0 Å². The third-order valence-corrected chi connectivity index (χ3v) is 9.63. The first-order valence-electron chi connectivity index (χ1n) is 13.1. The molecule has 39 heavy (non-hydrogen) atoms. The van der Waals surface area contributed by atoms with Crippen LogP contribution in [0.25, 0.3) is 10.9 Å². The molecule has 9 nitrogen and oxygen atoms in total. The van der Waals surface area contributed by atoms with Gasteiger partial charge in [0.05, 0.1) is 44.6 Å². The maximum absolute atomic E-state index is 13.0. The van der Waals surface area contributed by atoms with Gasteiger partial charge in [-0.1, -0.05) is 43.4 Å². The van der Waals surface area contributed by atoms with Crippen LogP contribution in [0.5, 0.6) is 5.75 Å². The number of amides is 1. The molecule has 0 bridgehead atoms. The summed E-state index contributed by atoms with van der Waals surface area (Å²) in [4.78, 5) is 18.2. The first kappa shape index (κ1) is 29.8. The van der Waals surface area contributed by atoms with E-state index < -0.39 is 14.2 Å². The standard InChI is InChI=1S/C29H42N6O3Si/c1-19(14-22(30)21-17-33-24-11-9-8-10-20(21)24)28(39(5,6)7)18-38-29(36)34-25-15-23(31)27(37-4)16-26(25)35(3)13-12-32-2/h8-11,14-17,28,30,32-33H,12-13,18,31H2,1-7H3,(H,34,36)/b19-14+,30-22?. The van der Waals surface area contributed by atoms with Crippen molar-refractivity contribution in [3.63, 3.8) is 0 Å². The minimum atomic E-state index is -1.81. The summed E-state index contributed by atoms with van der Waals surface area (Å²) < 4.78 is 11.2. The highest BCUT2D eigenvalue weighted by Gasteiger charge is 2.30. The van der Waals surface area contributed by atoms with Gasteiger partial charge in [0.2, 0.25) is 0 Å². The fourth-order valence-electron chi connectivity index (χ4n) is 4.65. The molecule has 210 valence electrons. The zero-order valence-corrected chi connectivity index (χ0v) is 25.1. The van der Waals surface area contributed by atoms with Crippen molar-refractivity contribution in [3.8, 4) is 5.75 Å². The number of nitrogens with two attached hydrogens (primary N) is 1. The van der Waals surface area contributed by atoms with E-state index in [-0.39, 0.29) is 12.1 Å². The second-order valence-corrected chi connectivity index (χ2v) is 16.3. The lowest BCUT2D eigenvalue weighted by molar-refractivity contribution is 0.162. The van der Waals surface area contributed by atoms with Gasteiger partial charge in [0.1, 0.15) is 5.75 Å². The van der Waals surface area contributed by atoms with E-state index in [2.05, 4.69) is 35.3 Å². The molecule has 0 saturated heterocycles. The number of ether oxygens (including phenoxy) is 2. The van der Waals surface area contributed by atoms with Gasteiger partial charge in [-0.25, -0.2) is 4.79 Å². The van der Waals surface area contributed by atoms with E-state index in [1.54, 1.807) is 13.2 Å². The van der Waals surface area contributed by atoms with Gasteiger partial charge in [-0.2, -0.15) is 0 Å². The van der Waals surface area contributed by atoms with Crippen LogP contribution in [-0.4, -0.2) is 65.8 Å². The van der Waals surface area contributed by atoms with Crippen LogP contribution in [0.4, 0.5) is 21.9 Å². The first-order chi connectivity index (χ1) is 18.5. The van der Waals surface area contributed by atoms with Crippen LogP contribution in [-0.2, 0) is 4.74 Å². The Morgan fingerprint density at radius 3 is 2.64 bits per heavy atom. The first-order valence-corrected chi connectivity index (χ1v) is 16.6. The Labute approximate surface area is 232 Å². The summed E-state index contributed by atoms with van der Waals surface area (Å²) in [6.45, 7) is 10.5. The van der Waals surface area contributed by atoms with E-state index in [1.807, 2.05) is 68.5 Å². The topological polar surface area (TPSA) is 128 Å². The van der Waals surface area contributed by atoms with Crippen LogP contribution in [0, 0.1) is 5.41 Å². The molecule has 3 rings (SSSR count). The third-order valence-electron chi connectivity index (χ3n) is 6.92. The molecule has 0 saturated carbocycles. The van der Waals surface area contributed by atoms with Gasteiger partial charge >= 0.3 is 6.09 Å². The molecule has 0 aliphatic heterocycles. The van der Waals surface area contributed by atoms with Gasteiger partial charge < -0.3 is 35.8 Å². The van der Waals surface area contributed by atoms with Crippen molar-refractivity contribution in [2.45, 2.75) is 32.1 Å². The molecule has 0 spiro atoms. The van der Waals surface area contributed by atoms with E-state index in [0.717, 1.165) is 40.8 Å². The van der Waals surface area contributed by atoms with Gasteiger partial charge in [0, 0.05) is 54.4 Å². The molecule has 1 aromatic heterocycles. The molecular weight excluding hydrogens is 508 g/mol. The van der Waals surface area contributed by atoms with Crippen LogP contribution in [0.1, 0.15) is 12.5 Å². The molecule has 1 unspecified atom stereocenters. The number of aromatic amines is 1. The minimum absolute atomic E-state index is 0.0347. The second-order valence-electron chi connectivity index (χ2n) is 10.8. The summed E-state index contributed by atoms with van der Waals surface area (Å²) in [6.07, 6.45) is 3.22. The molecule has 1 heterocycles. The number of H-pyrrole nitrogens is 1. The predicted molar refractivity (Wildman–Crippen MR) is 166 cm³/mol. The van der Waals surface area contributed by atoms with Crippen LogP contribution in [0.15, 0.2) is 54.2 Å². The molecule has 0 aliphatic rings. The van der Waals surface area contributed by atoms with Crippen molar-refractivity contribution < 1.29 is 14.3 Å². The number of rotatable bonds is 12. The smallest absolute Gasteiger partial charge is 0.411 e. The number of carbonyl (C=O) groups excluding carboxylic acids is 1. The van der Waals surface area contributed by atoms with Crippen molar-refractivity contribution in [1.82, 2.24) is 10.3 Å². The average Bonchev–Trinajstić information content (AvgIpc) is 3.31. The van der Waals surface area contributed by atoms with E-state index in [4.69, 9.17) is 20.6 Å². The highest BCUT2D eigenvalue weighted by atomic mass is 28.3. The van der Waals surface area contributed by atoms with E-state index >= 15 is 0 Å². The highest BCUT2D eigenvalue weighted by Crippen LogP contribution is 2.35. The van der Waals surface area contributed by atoms with Crippen molar-refractivity contribution in [2.75, 3.05) is 56.9 Å². The summed E-state index contributed by atoms with van der Waals surface area (Å²) in [5, 5.41) is 15.8. The zero-order chi connectivity index (χ0) is 28.7. The van der Waals surface area contributed by atoms with Crippen LogP contribution in [0.3, 0.4) is 0 Å². The van der Waals surface area contributed by atoms with Crippen LogP contribution in [0.2, 0.25) is 25.2 Å². The maximum atomic E-state index is 13.0. The van der Waals surface area contributed by atoms with Gasteiger partial charge in [-0.05, 0) is 32.2 Å². The lowest BCUT2D eigenvalue weighted by Gasteiger charge is -2.30. The number of methoxy groups -OCH3 is 1. The Kier molecular flexibility index (Phi) is 9.82. The highest BCUT2D eigenvalue weighted by molar-refractivity contribution is 6.78. The van der Waals surface area contributed by atoms with Gasteiger partial charge in [-0.3, -0.25) is 5.32 Å². The largest absolute Gasteiger partial charge is 0.495 e. The third kappa shape index (κ3) is 7.42. The van der Waals surface area contributed by atoms with Crippen LogP contribution < -0.4 is 26.0 Å². The molecule has 0 fully saturated rings. The fourth-order valence-corrected chi connectivity index (χ4v) is 6.68. The SMILES string of the molecule is CNCCN(C)c1cc(OC)c(N)cc1NC(=O)OCC(/C(C)=C/C(=N)c1c[nH]c2ccccc12)[Si](C)(C)C. The Balaban J connectivity index is 1.76. The van der Waals surface area contributed by atoms with Crippen molar-refractivity contribution >= 4 is 47.8 Å². The van der Waals surface area contributed by atoms with Gasteiger partial charge in [0.25, 0.3) is 0 Å². The maximum Gasteiger partial charge on any atom is 0.411 e. The number of allylic oxidation sites excluding steroid dienone is 1. The Morgan fingerprint density at radius 1 is 1.26 bits per heavy atom. The van der Waals surface area contributed by atoms with Crippen molar-refractivity contribution in [2.24, 2.45) is 0 Å². The van der Waals surface area contributed by atoms with Crippen molar-refractivity contribution in [1.29, 1.82) is 5.41 Å². The van der Waals surface area contributed by atoms with E-state index in [9.17, 15) is 4.79 Å². The number of nitrogens with zero attached hydrogens (tertiary/aromatic N) is 1. The number of para-hydroxylation sites is 1. The number of hydrogen-bond donors (Lipinski definition) is 5. The zero-order valence-electron chi connectivity index (χ0n) is 24.1. The number of carbonyl (C=O) groups is 1. The number of hydrogen-bond acceptors (Lipinski definition) is 7. The Morgan fingerprint density at radius 2 is 1.97 bits per heavy atom. The van der Waals surface area contributed by atoms with Crippen molar-refractivity contribution in [3.05, 3.63) is 59.8 Å². The van der Waals surface area contributed by atoms with E-state index in [1.165, 1.54) is 0 Å². The molecule has 0 aliphatic carbocycles. The lowest BCUT2D eigenvalue weighted by Crippen LogP contribution is -2.34. The number of fused-ring (bicyclic) bond motifs is 1. The summed E-state index contributed by atoms with van der Waals surface area (Å²) in [5.41, 5.74) is 11.2. The number of nitrogen functional groups attached to an aromatic ring is 1. The number of likely N-dealkylation sites (N-methyl/N-ethyl adjacent to an activating group) is 2. The Hall–Kier alpha value is -3.76.